The number of carbonyl (C=O) groups excluding carboxylic acids is 2. The largest absolute Gasteiger partial charge is 0.482 e. The molecule has 0 saturated carbocycles. The maximum absolute atomic E-state index is 11.5. The van der Waals surface area contributed by atoms with Gasteiger partial charge in [0.1, 0.15) is 5.75 Å². The third kappa shape index (κ3) is 6.19. The fourth-order valence-electron chi connectivity index (χ4n) is 1.46. The van der Waals surface area contributed by atoms with Crippen LogP contribution >= 0.6 is 0 Å². The molecule has 6 heteroatoms. The highest BCUT2D eigenvalue weighted by Crippen LogP contribution is 2.16. The number of aliphatic hydroxyl groups is 1. The molecular weight excluding hydrogens is 262 g/mol. The number of anilines is 1. The molecule has 0 unspecified atom stereocenters. The zero-order chi connectivity index (χ0) is 14.8. The summed E-state index contributed by atoms with van der Waals surface area (Å²) in [4.78, 5) is 22.4. The van der Waals surface area contributed by atoms with Crippen LogP contribution in [0.15, 0.2) is 24.3 Å². The molecule has 0 bridgehead atoms. The van der Waals surface area contributed by atoms with Crippen molar-refractivity contribution in [2.24, 2.45) is 0 Å². The lowest BCUT2D eigenvalue weighted by Gasteiger charge is -2.07. The van der Waals surface area contributed by atoms with Crippen LogP contribution in [0.5, 0.6) is 5.75 Å². The second kappa shape index (κ2) is 8.92. The minimum atomic E-state index is -0.453. The van der Waals surface area contributed by atoms with Gasteiger partial charge in [-0.05, 0) is 37.1 Å². The van der Waals surface area contributed by atoms with Crippen molar-refractivity contribution >= 4 is 17.6 Å². The standard InChI is InChI=1S/C14H19NO5/c1-19-14(18)10-20-12-7-5-11(6-8-12)15-13(17)4-2-3-9-16/h5-8,16H,2-4,9-10H2,1H3,(H,15,17). The van der Waals surface area contributed by atoms with E-state index in [-0.39, 0.29) is 19.1 Å². The van der Waals surface area contributed by atoms with Crippen LogP contribution in [-0.2, 0) is 14.3 Å². The Bertz CT molecular complexity index is 430. The van der Waals surface area contributed by atoms with E-state index >= 15 is 0 Å². The summed E-state index contributed by atoms with van der Waals surface area (Å²) in [6.07, 6.45) is 1.65. The Hall–Kier alpha value is -2.08. The molecule has 0 aromatic heterocycles. The Labute approximate surface area is 117 Å². The van der Waals surface area contributed by atoms with Crippen molar-refractivity contribution in [3.8, 4) is 5.75 Å². The number of methoxy groups -OCH3 is 1. The zero-order valence-corrected chi connectivity index (χ0v) is 11.4. The molecular formula is C14H19NO5. The zero-order valence-electron chi connectivity index (χ0n) is 11.4. The van der Waals surface area contributed by atoms with E-state index in [1.807, 2.05) is 0 Å². The molecule has 0 saturated heterocycles. The van der Waals surface area contributed by atoms with Gasteiger partial charge in [-0.25, -0.2) is 4.79 Å². The minimum Gasteiger partial charge on any atom is -0.482 e. The van der Waals surface area contributed by atoms with Gasteiger partial charge >= 0.3 is 5.97 Å². The molecule has 1 aromatic carbocycles. The SMILES string of the molecule is COC(=O)COc1ccc(NC(=O)CCCCO)cc1. The smallest absolute Gasteiger partial charge is 0.343 e. The van der Waals surface area contributed by atoms with Crippen LogP contribution in [-0.4, -0.2) is 37.3 Å². The number of rotatable bonds is 8. The van der Waals surface area contributed by atoms with Crippen molar-refractivity contribution in [2.45, 2.75) is 19.3 Å². The lowest BCUT2D eigenvalue weighted by Crippen LogP contribution is -2.13. The highest BCUT2D eigenvalue weighted by Gasteiger charge is 2.04. The predicted octanol–water partition coefficient (Wildman–Crippen LogP) is 1.34. The molecule has 0 radical (unpaired) electrons. The molecule has 6 nitrogen and oxygen atoms in total. The van der Waals surface area contributed by atoms with Gasteiger partial charge in [0.25, 0.3) is 0 Å². The molecule has 0 aliphatic carbocycles. The van der Waals surface area contributed by atoms with Crippen LogP contribution < -0.4 is 10.1 Å². The van der Waals surface area contributed by atoms with Crippen molar-refractivity contribution < 1.29 is 24.2 Å². The van der Waals surface area contributed by atoms with Crippen LogP contribution in [0.2, 0.25) is 0 Å². The number of nitrogens with one attached hydrogen (secondary N) is 1. The first-order valence-electron chi connectivity index (χ1n) is 6.36. The molecule has 0 atom stereocenters. The molecule has 0 aliphatic heterocycles. The van der Waals surface area contributed by atoms with Gasteiger partial charge in [-0.1, -0.05) is 0 Å². The van der Waals surface area contributed by atoms with Gasteiger partial charge in [0.2, 0.25) is 5.91 Å². The van der Waals surface area contributed by atoms with Crippen molar-refractivity contribution in [3.05, 3.63) is 24.3 Å². The van der Waals surface area contributed by atoms with E-state index < -0.39 is 5.97 Å². The van der Waals surface area contributed by atoms with E-state index in [2.05, 4.69) is 10.1 Å². The van der Waals surface area contributed by atoms with Gasteiger partial charge in [-0.15, -0.1) is 0 Å². The van der Waals surface area contributed by atoms with Crippen molar-refractivity contribution in [2.75, 3.05) is 25.6 Å². The highest BCUT2D eigenvalue weighted by molar-refractivity contribution is 5.90. The summed E-state index contributed by atoms with van der Waals surface area (Å²) in [5, 5.41) is 11.4. The summed E-state index contributed by atoms with van der Waals surface area (Å²) in [6, 6.07) is 6.70. The van der Waals surface area contributed by atoms with Crippen molar-refractivity contribution in [3.63, 3.8) is 0 Å². The maximum Gasteiger partial charge on any atom is 0.343 e. The number of hydrogen-bond acceptors (Lipinski definition) is 5. The Morgan fingerprint density at radius 1 is 1.20 bits per heavy atom. The normalized spacial score (nSPS) is 9.90. The summed E-state index contributed by atoms with van der Waals surface area (Å²) in [7, 11) is 1.29. The van der Waals surface area contributed by atoms with Crippen molar-refractivity contribution in [1.29, 1.82) is 0 Å². The van der Waals surface area contributed by atoms with Gasteiger partial charge in [-0.2, -0.15) is 0 Å². The first-order valence-corrected chi connectivity index (χ1v) is 6.36. The average molecular weight is 281 g/mol. The highest BCUT2D eigenvalue weighted by atomic mass is 16.6. The molecule has 1 amide bonds. The van der Waals surface area contributed by atoms with Gasteiger partial charge in [0.15, 0.2) is 6.61 Å². The molecule has 0 spiro atoms. The van der Waals surface area contributed by atoms with E-state index in [0.717, 1.165) is 0 Å². The number of unbranched alkanes of at least 4 members (excludes halogenated alkanes) is 1. The number of ether oxygens (including phenoxy) is 2. The van der Waals surface area contributed by atoms with E-state index in [1.54, 1.807) is 24.3 Å². The van der Waals surface area contributed by atoms with Crippen LogP contribution in [0, 0.1) is 0 Å². The Morgan fingerprint density at radius 3 is 2.50 bits per heavy atom. The van der Waals surface area contributed by atoms with Crippen molar-refractivity contribution in [1.82, 2.24) is 0 Å². The third-order valence-electron chi connectivity index (χ3n) is 2.53. The molecule has 2 N–H and O–H groups in total. The van der Waals surface area contributed by atoms with Crippen LogP contribution in [0.3, 0.4) is 0 Å². The summed E-state index contributed by atoms with van der Waals surface area (Å²) in [6.45, 7) is -0.0527. The number of hydrogen-bond donors (Lipinski definition) is 2. The van der Waals surface area contributed by atoms with Gasteiger partial charge in [0.05, 0.1) is 7.11 Å². The quantitative estimate of drug-likeness (QED) is 0.555. The van der Waals surface area contributed by atoms with E-state index in [0.29, 0.717) is 30.7 Å². The van der Waals surface area contributed by atoms with Gasteiger partial charge in [-0.3, -0.25) is 4.79 Å². The molecule has 1 aromatic rings. The fraction of sp³-hybridized carbons (Fsp3) is 0.429. The Kier molecular flexibility index (Phi) is 7.13. The number of amides is 1. The van der Waals surface area contributed by atoms with E-state index in [4.69, 9.17) is 9.84 Å². The van der Waals surface area contributed by atoms with Crippen LogP contribution in [0.4, 0.5) is 5.69 Å². The second-order valence-corrected chi connectivity index (χ2v) is 4.12. The monoisotopic (exact) mass is 281 g/mol. The Balaban J connectivity index is 2.38. The lowest BCUT2D eigenvalue weighted by molar-refractivity contribution is -0.142. The molecule has 110 valence electrons. The Morgan fingerprint density at radius 2 is 1.90 bits per heavy atom. The number of aliphatic hydroxyl groups excluding tert-OH is 1. The summed E-state index contributed by atoms with van der Waals surface area (Å²) >= 11 is 0. The minimum absolute atomic E-state index is 0.0957. The second-order valence-electron chi connectivity index (χ2n) is 4.12. The molecule has 0 aliphatic rings. The average Bonchev–Trinajstić information content (AvgIpc) is 2.46. The van der Waals surface area contributed by atoms with Crippen LogP contribution in [0.1, 0.15) is 19.3 Å². The first-order chi connectivity index (χ1) is 9.65. The third-order valence-corrected chi connectivity index (χ3v) is 2.53. The molecule has 20 heavy (non-hydrogen) atoms. The first kappa shape index (κ1) is 16.0. The van der Waals surface area contributed by atoms with Gasteiger partial charge < -0.3 is 19.9 Å². The number of carbonyl (C=O) groups is 2. The topological polar surface area (TPSA) is 84.9 Å². The summed E-state index contributed by atoms with van der Waals surface area (Å²) in [5.74, 6) is -0.0263. The molecule has 0 heterocycles. The number of esters is 1. The number of benzene rings is 1. The van der Waals surface area contributed by atoms with Crippen LogP contribution in [0.25, 0.3) is 0 Å². The lowest BCUT2D eigenvalue weighted by atomic mass is 10.2. The fourth-order valence-corrected chi connectivity index (χ4v) is 1.46. The summed E-state index contributed by atoms with van der Waals surface area (Å²) in [5.41, 5.74) is 0.657. The predicted molar refractivity (Wildman–Crippen MR) is 73.5 cm³/mol. The molecule has 1 rings (SSSR count). The maximum atomic E-state index is 11.5. The van der Waals surface area contributed by atoms with Gasteiger partial charge in [0, 0.05) is 18.7 Å². The van der Waals surface area contributed by atoms with E-state index in [1.165, 1.54) is 7.11 Å². The summed E-state index contributed by atoms with van der Waals surface area (Å²) < 4.78 is 9.64. The van der Waals surface area contributed by atoms with E-state index in [9.17, 15) is 9.59 Å². The molecule has 0 fully saturated rings.